The number of aliphatic hydroxyl groups is 1. The molecule has 39 heavy (non-hydrogen) atoms. The first kappa shape index (κ1) is 27.1. The van der Waals surface area contributed by atoms with E-state index in [1.54, 1.807) is 0 Å². The molecule has 1 saturated heterocycles. The molecule has 0 aromatic heterocycles. The van der Waals surface area contributed by atoms with Crippen molar-refractivity contribution in [2.75, 3.05) is 13.7 Å². The Kier molecular flexibility index (Phi) is 5.30. The maximum Gasteiger partial charge on any atom is 0.312 e. The number of ketones is 2. The molecule has 5 aliphatic carbocycles. The van der Waals surface area contributed by atoms with Gasteiger partial charge in [-0.3, -0.25) is 14.4 Å². The summed E-state index contributed by atoms with van der Waals surface area (Å²) in [5.41, 5.74) is -3.63. The highest BCUT2D eigenvalue weighted by atomic mass is 16.6. The summed E-state index contributed by atoms with van der Waals surface area (Å²) >= 11 is 0. The molecule has 1 N–H and O–H groups in total. The Bertz CT molecular complexity index is 1260. The minimum Gasteiger partial charge on any atom is -0.469 e. The fourth-order valence-corrected chi connectivity index (χ4v) is 11.1. The topological polar surface area (TPSA) is 117 Å². The molecule has 10 unspecified atom stereocenters. The van der Waals surface area contributed by atoms with Crippen LogP contribution in [0.5, 0.6) is 0 Å². The van der Waals surface area contributed by atoms with Gasteiger partial charge in [-0.2, -0.15) is 5.26 Å². The van der Waals surface area contributed by atoms with Gasteiger partial charge in [-0.25, -0.2) is 0 Å². The standard InChI is InChI=1S/C32H43NO6/c1-26(2)20-8-9-28(4)21(30(20,6)24-32(16-33,39-24)23(26)36)14-19(35)22-18-15-27(3,17-34)10-12-31(18,25(37)38-7)13-11-29(22,28)5/h14,18,20,22,24,34H,8-13,15,17H2,1-7H3. The lowest BCUT2D eigenvalue weighted by Gasteiger charge is -2.69. The van der Waals surface area contributed by atoms with Gasteiger partial charge in [0, 0.05) is 23.4 Å². The molecular weight excluding hydrogens is 494 g/mol. The molecule has 5 fully saturated rings. The second kappa shape index (κ2) is 7.62. The highest BCUT2D eigenvalue weighted by molar-refractivity contribution is 6.01. The van der Waals surface area contributed by atoms with Gasteiger partial charge in [-0.15, -0.1) is 0 Å². The fraction of sp³-hybridized carbons (Fsp3) is 0.812. The Balaban J connectivity index is 1.52. The second-order valence-electron chi connectivity index (χ2n) is 15.4. The second-order valence-corrected chi connectivity index (χ2v) is 15.4. The van der Waals surface area contributed by atoms with E-state index in [0.29, 0.717) is 19.3 Å². The van der Waals surface area contributed by atoms with Crippen molar-refractivity contribution in [2.24, 2.45) is 50.2 Å². The van der Waals surface area contributed by atoms with Gasteiger partial charge in [-0.05, 0) is 79.1 Å². The predicted molar refractivity (Wildman–Crippen MR) is 142 cm³/mol. The first-order valence-corrected chi connectivity index (χ1v) is 14.7. The van der Waals surface area contributed by atoms with Crippen molar-refractivity contribution in [3.05, 3.63) is 11.6 Å². The third-order valence-corrected chi connectivity index (χ3v) is 13.6. The van der Waals surface area contributed by atoms with Crippen LogP contribution in [0, 0.1) is 61.6 Å². The van der Waals surface area contributed by atoms with Crippen LogP contribution in [0.2, 0.25) is 0 Å². The lowest BCUT2D eigenvalue weighted by atomic mass is 9.33. The van der Waals surface area contributed by atoms with Crippen LogP contribution in [-0.4, -0.2) is 48.1 Å². The zero-order valence-corrected chi connectivity index (χ0v) is 24.5. The summed E-state index contributed by atoms with van der Waals surface area (Å²) in [6.07, 6.45) is 6.25. The van der Waals surface area contributed by atoms with Crippen molar-refractivity contribution < 1.29 is 29.0 Å². The molecule has 0 aromatic rings. The Morgan fingerprint density at radius 2 is 1.77 bits per heavy atom. The molecule has 6 rings (SSSR count). The average Bonchev–Trinajstić information content (AvgIpc) is 3.66. The van der Waals surface area contributed by atoms with E-state index in [2.05, 4.69) is 33.8 Å². The van der Waals surface area contributed by atoms with Gasteiger partial charge in [0.15, 0.2) is 11.6 Å². The lowest BCUT2D eigenvalue weighted by Crippen LogP contribution is -2.68. The van der Waals surface area contributed by atoms with Crippen LogP contribution >= 0.6 is 0 Å². The fourth-order valence-electron chi connectivity index (χ4n) is 11.1. The number of Topliss-reactive ketones (excluding diaryl/α,β-unsaturated/α-hetero) is 1. The lowest BCUT2D eigenvalue weighted by molar-refractivity contribution is -0.194. The van der Waals surface area contributed by atoms with Crippen LogP contribution in [0.3, 0.4) is 0 Å². The minimum atomic E-state index is -1.44. The van der Waals surface area contributed by atoms with Crippen LogP contribution in [-0.2, 0) is 23.9 Å². The molecule has 7 heteroatoms. The molecule has 1 aliphatic heterocycles. The Labute approximate surface area is 231 Å². The summed E-state index contributed by atoms with van der Waals surface area (Å²) in [4.78, 5) is 41.4. The molecule has 212 valence electrons. The van der Waals surface area contributed by atoms with Gasteiger partial charge < -0.3 is 14.6 Å². The monoisotopic (exact) mass is 537 g/mol. The van der Waals surface area contributed by atoms with Crippen LogP contribution in [0.4, 0.5) is 0 Å². The molecule has 10 atom stereocenters. The third-order valence-electron chi connectivity index (χ3n) is 13.6. The van der Waals surface area contributed by atoms with Crippen molar-refractivity contribution in [1.82, 2.24) is 0 Å². The maximum absolute atomic E-state index is 14.5. The number of hydrogen-bond donors (Lipinski definition) is 1. The van der Waals surface area contributed by atoms with E-state index in [-0.39, 0.29) is 52.7 Å². The number of nitriles is 1. The van der Waals surface area contributed by atoms with Crippen molar-refractivity contribution in [3.8, 4) is 6.07 Å². The van der Waals surface area contributed by atoms with Crippen molar-refractivity contribution >= 4 is 17.5 Å². The minimum absolute atomic E-state index is 0.0227. The highest BCUT2D eigenvalue weighted by Crippen LogP contribution is 2.77. The molecule has 0 spiro atoms. The highest BCUT2D eigenvalue weighted by Gasteiger charge is 2.82. The number of rotatable bonds is 2. The largest absolute Gasteiger partial charge is 0.469 e. The summed E-state index contributed by atoms with van der Waals surface area (Å²) in [5.74, 6) is -0.956. The van der Waals surface area contributed by atoms with Gasteiger partial charge in [0.25, 0.3) is 0 Å². The molecule has 1 heterocycles. The SMILES string of the molecule is COC(=O)C12CCC(C)(CO)CC1C1C(=O)C=C3C4(C)C(CCC3(C)C1(C)CC2)C(C)(C)C(=O)C1(C#N)OC14. The normalized spacial score (nSPS) is 53.1. The molecule has 6 aliphatic rings. The van der Waals surface area contributed by atoms with Gasteiger partial charge >= 0.3 is 5.97 Å². The van der Waals surface area contributed by atoms with Gasteiger partial charge in [0.05, 0.1) is 12.5 Å². The molecule has 4 saturated carbocycles. The van der Waals surface area contributed by atoms with E-state index in [0.717, 1.165) is 31.3 Å². The first-order chi connectivity index (χ1) is 18.1. The number of ether oxygens (including phenoxy) is 2. The number of esters is 1. The molecule has 0 radical (unpaired) electrons. The number of hydrogen-bond acceptors (Lipinski definition) is 7. The van der Waals surface area contributed by atoms with Crippen molar-refractivity contribution in [3.63, 3.8) is 0 Å². The van der Waals surface area contributed by atoms with E-state index >= 15 is 0 Å². The smallest absolute Gasteiger partial charge is 0.312 e. The van der Waals surface area contributed by atoms with E-state index < -0.39 is 33.4 Å². The number of methoxy groups -OCH3 is 1. The first-order valence-electron chi connectivity index (χ1n) is 14.7. The van der Waals surface area contributed by atoms with E-state index in [9.17, 15) is 24.8 Å². The van der Waals surface area contributed by atoms with Crippen molar-refractivity contribution in [2.45, 2.75) is 98.2 Å². The predicted octanol–water partition coefficient (Wildman–Crippen LogP) is 4.56. The summed E-state index contributed by atoms with van der Waals surface area (Å²) in [5, 5.41) is 20.4. The summed E-state index contributed by atoms with van der Waals surface area (Å²) in [6, 6.07) is 2.22. The molecule has 7 nitrogen and oxygen atoms in total. The number of carbonyl (C=O) groups is 3. The van der Waals surface area contributed by atoms with Gasteiger partial charge in [-0.1, -0.05) is 47.1 Å². The van der Waals surface area contributed by atoms with E-state index in [1.807, 2.05) is 19.9 Å². The number of fused-ring (bicyclic) bond motifs is 9. The molecule has 0 bridgehead atoms. The maximum atomic E-state index is 14.5. The van der Waals surface area contributed by atoms with Crippen molar-refractivity contribution in [1.29, 1.82) is 5.26 Å². The number of epoxide rings is 1. The Morgan fingerprint density at radius 1 is 1.10 bits per heavy atom. The van der Waals surface area contributed by atoms with Crippen LogP contribution in [0.25, 0.3) is 0 Å². The quantitative estimate of drug-likeness (QED) is 0.405. The van der Waals surface area contributed by atoms with Crippen LogP contribution < -0.4 is 0 Å². The van der Waals surface area contributed by atoms with Gasteiger partial charge in [0.1, 0.15) is 12.2 Å². The number of allylic oxidation sites excluding steroid dienone is 1. The van der Waals surface area contributed by atoms with Crippen LogP contribution in [0.15, 0.2) is 11.6 Å². The van der Waals surface area contributed by atoms with Gasteiger partial charge in [0.2, 0.25) is 5.60 Å². The average molecular weight is 538 g/mol. The van der Waals surface area contributed by atoms with E-state index in [4.69, 9.17) is 9.47 Å². The molecular formula is C32H43NO6. The molecule has 0 aromatic carbocycles. The summed E-state index contributed by atoms with van der Waals surface area (Å²) < 4.78 is 11.5. The third kappa shape index (κ3) is 2.83. The number of nitrogens with zero attached hydrogens (tertiary/aromatic N) is 1. The van der Waals surface area contributed by atoms with Crippen LogP contribution in [0.1, 0.15) is 86.5 Å². The Morgan fingerprint density at radius 3 is 2.38 bits per heavy atom. The number of aliphatic hydroxyl groups excluding tert-OH is 1. The van der Waals surface area contributed by atoms with E-state index in [1.165, 1.54) is 7.11 Å². The summed E-state index contributed by atoms with van der Waals surface area (Å²) in [7, 11) is 1.44. The summed E-state index contributed by atoms with van der Waals surface area (Å²) in [6.45, 7) is 12.6. The molecule has 0 amide bonds. The number of carbonyl (C=O) groups excluding carboxylic acids is 3. The Hall–Kier alpha value is -2.04. The zero-order valence-electron chi connectivity index (χ0n) is 24.5. The zero-order chi connectivity index (χ0) is 28.6.